The molecule has 2 aliphatic rings. The first kappa shape index (κ1) is 15.0. The Morgan fingerprint density at radius 1 is 1.38 bits per heavy atom. The molecule has 0 spiro atoms. The van der Waals surface area contributed by atoms with Gasteiger partial charge in [0.1, 0.15) is 6.04 Å². The van der Waals surface area contributed by atoms with Crippen molar-refractivity contribution in [3.63, 3.8) is 0 Å². The van der Waals surface area contributed by atoms with Gasteiger partial charge >= 0.3 is 0 Å². The van der Waals surface area contributed by atoms with Crippen molar-refractivity contribution in [3.8, 4) is 0 Å². The summed E-state index contributed by atoms with van der Waals surface area (Å²) in [6.45, 7) is 5.67. The van der Waals surface area contributed by atoms with E-state index in [0.29, 0.717) is 6.04 Å². The molecule has 4 nitrogen and oxygen atoms in total. The molecular weight excluding hydrogens is 330 g/mol. The van der Waals surface area contributed by atoms with Gasteiger partial charge in [-0.25, -0.2) is 0 Å². The first-order valence-corrected chi connectivity index (χ1v) is 8.55. The number of carbonyl (C=O) groups excluding carboxylic acids is 1. The van der Waals surface area contributed by atoms with Gasteiger partial charge in [-0.05, 0) is 57.1 Å². The summed E-state index contributed by atoms with van der Waals surface area (Å²) in [5, 5.41) is 6.51. The zero-order valence-electron chi connectivity index (χ0n) is 12.4. The summed E-state index contributed by atoms with van der Waals surface area (Å²) in [4.78, 5) is 14.7. The van der Waals surface area contributed by atoms with Crippen molar-refractivity contribution < 1.29 is 4.79 Å². The van der Waals surface area contributed by atoms with Crippen LogP contribution in [0.3, 0.4) is 0 Å². The predicted molar refractivity (Wildman–Crippen MR) is 88.4 cm³/mol. The molecule has 1 fully saturated rings. The van der Waals surface area contributed by atoms with Gasteiger partial charge < -0.3 is 10.2 Å². The summed E-state index contributed by atoms with van der Waals surface area (Å²) in [6.07, 6.45) is 3.45. The topological polar surface area (TPSA) is 44.4 Å². The van der Waals surface area contributed by atoms with Gasteiger partial charge in [-0.15, -0.1) is 0 Å². The highest BCUT2D eigenvalue weighted by molar-refractivity contribution is 9.10. The third-order valence-electron chi connectivity index (χ3n) is 4.37. The minimum atomic E-state index is -0.208. The molecule has 0 aliphatic carbocycles. The zero-order chi connectivity index (χ0) is 14.8. The predicted octanol–water partition coefficient (Wildman–Crippen LogP) is 2.91. The van der Waals surface area contributed by atoms with E-state index in [1.807, 2.05) is 18.2 Å². The Hall–Kier alpha value is -0.910. The molecule has 0 aromatic heterocycles. The molecule has 21 heavy (non-hydrogen) atoms. The number of fused-ring (bicyclic) bond motifs is 1. The van der Waals surface area contributed by atoms with Gasteiger partial charge in [0.15, 0.2) is 0 Å². The van der Waals surface area contributed by atoms with Crippen molar-refractivity contribution in [2.75, 3.05) is 25.0 Å². The Morgan fingerprint density at radius 2 is 2.14 bits per heavy atom. The number of benzene rings is 1. The Balaban J connectivity index is 1.64. The third kappa shape index (κ3) is 3.30. The van der Waals surface area contributed by atoms with E-state index in [1.54, 1.807) is 0 Å². The van der Waals surface area contributed by atoms with Crippen LogP contribution in [0.5, 0.6) is 0 Å². The zero-order valence-corrected chi connectivity index (χ0v) is 13.9. The molecule has 2 aliphatic heterocycles. The molecule has 114 valence electrons. The highest BCUT2D eigenvalue weighted by atomic mass is 79.9. The second-order valence-corrected chi connectivity index (χ2v) is 6.85. The fourth-order valence-corrected chi connectivity index (χ4v) is 3.65. The van der Waals surface area contributed by atoms with Crippen LogP contribution >= 0.6 is 15.9 Å². The molecular formula is C16H22BrN3O. The number of nitrogens with zero attached hydrogens (tertiary/aromatic N) is 1. The number of hydrogen-bond donors (Lipinski definition) is 2. The molecule has 1 aromatic rings. The number of halogens is 1. The summed E-state index contributed by atoms with van der Waals surface area (Å²) in [6, 6.07) is 6.18. The van der Waals surface area contributed by atoms with Crippen LogP contribution in [-0.4, -0.2) is 36.5 Å². The van der Waals surface area contributed by atoms with Crippen molar-refractivity contribution in [1.82, 2.24) is 10.2 Å². The lowest BCUT2D eigenvalue weighted by Crippen LogP contribution is -2.45. The van der Waals surface area contributed by atoms with Gasteiger partial charge in [-0.3, -0.25) is 10.1 Å². The molecule has 1 amide bonds. The van der Waals surface area contributed by atoms with Gasteiger partial charge in [-0.2, -0.15) is 0 Å². The number of rotatable bonds is 4. The lowest BCUT2D eigenvalue weighted by Gasteiger charge is -2.33. The first-order valence-electron chi connectivity index (χ1n) is 7.76. The number of anilines is 1. The lowest BCUT2D eigenvalue weighted by molar-refractivity contribution is -0.118. The maximum Gasteiger partial charge on any atom is 0.246 e. The van der Waals surface area contributed by atoms with Crippen molar-refractivity contribution >= 4 is 27.5 Å². The molecule has 0 bridgehead atoms. The maximum absolute atomic E-state index is 12.2. The SMILES string of the molecule is CCCN1CCC(NC2C(=O)Nc3ccc(Br)cc32)CC1. The summed E-state index contributed by atoms with van der Waals surface area (Å²) in [7, 11) is 0. The third-order valence-corrected chi connectivity index (χ3v) is 4.87. The van der Waals surface area contributed by atoms with Crippen LogP contribution in [0.25, 0.3) is 0 Å². The number of piperidine rings is 1. The molecule has 2 heterocycles. The maximum atomic E-state index is 12.2. The molecule has 1 saturated heterocycles. The van der Waals surface area contributed by atoms with Crippen LogP contribution in [0.2, 0.25) is 0 Å². The van der Waals surface area contributed by atoms with Gasteiger partial charge in [-0.1, -0.05) is 22.9 Å². The van der Waals surface area contributed by atoms with Crippen molar-refractivity contribution in [2.45, 2.75) is 38.3 Å². The molecule has 1 aromatic carbocycles. The van der Waals surface area contributed by atoms with Crippen LogP contribution in [0.1, 0.15) is 37.8 Å². The smallest absolute Gasteiger partial charge is 0.246 e. The minimum absolute atomic E-state index is 0.0686. The first-order chi connectivity index (χ1) is 10.2. The van der Waals surface area contributed by atoms with Crippen LogP contribution in [0.4, 0.5) is 5.69 Å². The number of hydrogen-bond acceptors (Lipinski definition) is 3. The van der Waals surface area contributed by atoms with E-state index in [-0.39, 0.29) is 11.9 Å². The molecule has 3 rings (SSSR count). The van der Waals surface area contributed by atoms with Crippen LogP contribution < -0.4 is 10.6 Å². The quantitative estimate of drug-likeness (QED) is 0.876. The van der Waals surface area contributed by atoms with Gasteiger partial charge in [0.05, 0.1) is 0 Å². The Labute approximate surface area is 134 Å². The van der Waals surface area contributed by atoms with Crippen molar-refractivity contribution in [1.29, 1.82) is 0 Å². The summed E-state index contributed by atoms with van der Waals surface area (Å²) in [5.41, 5.74) is 1.99. The highest BCUT2D eigenvalue weighted by Crippen LogP contribution is 2.33. The van der Waals surface area contributed by atoms with E-state index in [1.165, 1.54) is 13.0 Å². The average Bonchev–Trinajstić information content (AvgIpc) is 2.77. The van der Waals surface area contributed by atoms with E-state index in [0.717, 1.165) is 41.7 Å². The molecule has 0 saturated carbocycles. The van der Waals surface area contributed by atoms with E-state index in [4.69, 9.17) is 0 Å². The molecule has 5 heteroatoms. The Morgan fingerprint density at radius 3 is 2.86 bits per heavy atom. The molecule has 2 N–H and O–H groups in total. The van der Waals surface area contributed by atoms with Gasteiger partial charge in [0.2, 0.25) is 5.91 Å². The summed E-state index contributed by atoms with van der Waals surface area (Å²) >= 11 is 3.49. The summed E-state index contributed by atoms with van der Waals surface area (Å²) in [5.74, 6) is 0.0686. The lowest BCUT2D eigenvalue weighted by atomic mass is 10.0. The van der Waals surface area contributed by atoms with Gasteiger partial charge in [0.25, 0.3) is 0 Å². The molecule has 0 radical (unpaired) electrons. The summed E-state index contributed by atoms with van der Waals surface area (Å²) < 4.78 is 1.02. The number of amides is 1. The number of likely N-dealkylation sites (tertiary alicyclic amines) is 1. The standard InChI is InChI=1S/C16H22BrN3O/c1-2-7-20-8-5-12(6-9-20)18-15-13-10-11(17)3-4-14(13)19-16(15)21/h3-4,10,12,15,18H,2,5-9H2,1H3,(H,19,21). The van der Waals surface area contributed by atoms with E-state index in [2.05, 4.69) is 38.4 Å². The number of nitrogens with one attached hydrogen (secondary N) is 2. The van der Waals surface area contributed by atoms with E-state index >= 15 is 0 Å². The fraction of sp³-hybridized carbons (Fsp3) is 0.562. The second-order valence-electron chi connectivity index (χ2n) is 5.94. The second kappa shape index (κ2) is 6.46. The highest BCUT2D eigenvalue weighted by Gasteiger charge is 2.33. The largest absolute Gasteiger partial charge is 0.324 e. The van der Waals surface area contributed by atoms with Crippen LogP contribution in [-0.2, 0) is 4.79 Å². The fourth-order valence-electron chi connectivity index (χ4n) is 3.27. The molecule has 1 unspecified atom stereocenters. The van der Waals surface area contributed by atoms with Crippen molar-refractivity contribution in [2.24, 2.45) is 0 Å². The van der Waals surface area contributed by atoms with Gasteiger partial charge in [0, 0.05) is 21.8 Å². The Kier molecular flexibility index (Phi) is 4.62. The van der Waals surface area contributed by atoms with Crippen molar-refractivity contribution in [3.05, 3.63) is 28.2 Å². The Bertz CT molecular complexity index is 526. The average molecular weight is 352 g/mol. The monoisotopic (exact) mass is 351 g/mol. The number of carbonyl (C=O) groups is 1. The van der Waals surface area contributed by atoms with E-state index in [9.17, 15) is 4.79 Å². The van der Waals surface area contributed by atoms with E-state index < -0.39 is 0 Å². The minimum Gasteiger partial charge on any atom is -0.324 e. The van der Waals surface area contributed by atoms with Crippen LogP contribution in [0.15, 0.2) is 22.7 Å². The van der Waals surface area contributed by atoms with Crippen LogP contribution in [0, 0.1) is 0 Å². The normalized spacial score (nSPS) is 23.1. The molecule has 1 atom stereocenters.